The van der Waals surface area contributed by atoms with Crippen LogP contribution in [-0.2, 0) is 14.2 Å². The molecule has 0 spiro atoms. The van der Waals surface area contributed by atoms with Crippen molar-refractivity contribution in [3.8, 4) is 28.4 Å². The minimum Gasteiger partial charge on any atom is -0.456 e. The molecule has 5 atom stereocenters. The molecule has 0 bridgehead atoms. The molecule has 10 heteroatoms. The molecule has 37 heavy (non-hydrogen) atoms. The Morgan fingerprint density at radius 2 is 1.62 bits per heavy atom. The molecule has 2 aliphatic rings. The van der Waals surface area contributed by atoms with E-state index >= 15 is 0 Å². The number of ether oxygens (including phenoxy) is 4. The monoisotopic (exact) mass is 523 g/mol. The van der Waals surface area contributed by atoms with Crippen LogP contribution in [0.2, 0.25) is 5.02 Å². The Morgan fingerprint density at radius 1 is 0.946 bits per heavy atom. The van der Waals surface area contributed by atoms with Gasteiger partial charge < -0.3 is 34.1 Å². The van der Waals surface area contributed by atoms with Gasteiger partial charge in [-0.3, -0.25) is 0 Å². The van der Waals surface area contributed by atoms with Gasteiger partial charge in [0.25, 0.3) is 6.01 Å². The molecular formula is C27H26ClN3O6. The van der Waals surface area contributed by atoms with Gasteiger partial charge in [0.1, 0.15) is 24.4 Å². The number of fused-ring (bicyclic) bond motifs is 2. The van der Waals surface area contributed by atoms with Gasteiger partial charge in [0.15, 0.2) is 11.8 Å². The lowest BCUT2D eigenvalue weighted by atomic mass is 10.0. The minimum absolute atomic E-state index is 0.00987. The maximum absolute atomic E-state index is 9.54. The summed E-state index contributed by atoms with van der Waals surface area (Å²) in [5.74, 6) is 0. The summed E-state index contributed by atoms with van der Waals surface area (Å²) in [4.78, 5) is 12.3. The second-order valence-corrected chi connectivity index (χ2v) is 9.54. The van der Waals surface area contributed by atoms with E-state index in [2.05, 4.69) is 27.1 Å². The van der Waals surface area contributed by atoms with E-state index in [9.17, 15) is 5.11 Å². The van der Waals surface area contributed by atoms with Crippen molar-refractivity contribution in [1.29, 1.82) is 0 Å². The quantitative estimate of drug-likeness (QED) is 0.322. The molecular weight excluding hydrogens is 498 g/mol. The van der Waals surface area contributed by atoms with E-state index in [0.29, 0.717) is 41.1 Å². The summed E-state index contributed by atoms with van der Waals surface area (Å²) in [5, 5.41) is 19.0. The van der Waals surface area contributed by atoms with Crippen LogP contribution in [0, 0.1) is 0 Å². The molecule has 4 heterocycles. The fraction of sp³-hybridized carbons (Fsp3) is 0.333. The first-order valence-corrected chi connectivity index (χ1v) is 12.5. The molecule has 3 N–H and O–H groups in total. The highest BCUT2D eigenvalue weighted by Gasteiger charge is 2.50. The number of aliphatic hydroxyl groups is 2. The molecule has 4 aromatic rings. The number of halogens is 1. The number of aliphatic hydroxyl groups excluding tert-OH is 2. The second kappa shape index (κ2) is 10.4. The fourth-order valence-electron chi connectivity index (χ4n) is 4.71. The van der Waals surface area contributed by atoms with E-state index in [-0.39, 0.29) is 37.6 Å². The molecule has 6 rings (SSSR count). The highest BCUT2D eigenvalue weighted by molar-refractivity contribution is 6.33. The van der Waals surface area contributed by atoms with Crippen LogP contribution in [0.25, 0.3) is 33.5 Å². The van der Waals surface area contributed by atoms with Gasteiger partial charge in [0.05, 0.1) is 42.7 Å². The van der Waals surface area contributed by atoms with Crippen molar-refractivity contribution >= 4 is 22.8 Å². The number of H-pyrrole nitrogens is 1. The maximum atomic E-state index is 9.54. The van der Waals surface area contributed by atoms with E-state index in [1.165, 1.54) is 0 Å². The average molecular weight is 524 g/mol. The van der Waals surface area contributed by atoms with Gasteiger partial charge >= 0.3 is 0 Å². The van der Waals surface area contributed by atoms with E-state index in [0.717, 1.165) is 16.7 Å². The summed E-state index contributed by atoms with van der Waals surface area (Å²) in [6, 6.07) is 20.3. The third kappa shape index (κ3) is 4.94. The molecule has 2 fully saturated rings. The maximum Gasteiger partial charge on any atom is 0.296 e. The van der Waals surface area contributed by atoms with Gasteiger partial charge in [-0.15, -0.1) is 0 Å². The van der Waals surface area contributed by atoms with Gasteiger partial charge in [0.2, 0.25) is 0 Å². The van der Waals surface area contributed by atoms with E-state index in [1.807, 2.05) is 42.5 Å². The number of nitrogens with one attached hydrogen (secondary N) is 1. The Kier molecular flexibility index (Phi) is 6.81. The number of imidazole rings is 1. The standard InChI is InChI=1S/C27H26ClN3O6/c28-19-10-20-26(30-23(19)17-8-6-16(7-9-17)15-4-2-1-3-5-15)31-27(29-20)37-22-14-36-24-21(13-35-25(22)24)34-12-18(33)11-32/h1-10,18,21-22,24-25,32-33H,11-14H2,(H,29,30,31)/t18?,21-,22-,24-,25+/m1/s1. The highest BCUT2D eigenvalue weighted by atomic mass is 35.5. The van der Waals surface area contributed by atoms with Crippen LogP contribution >= 0.6 is 11.6 Å². The predicted octanol–water partition coefficient (Wildman–Crippen LogP) is 3.23. The molecule has 1 unspecified atom stereocenters. The lowest BCUT2D eigenvalue weighted by molar-refractivity contribution is -0.0706. The number of pyridine rings is 1. The predicted molar refractivity (Wildman–Crippen MR) is 136 cm³/mol. The first kappa shape index (κ1) is 24.3. The van der Waals surface area contributed by atoms with Crippen LogP contribution in [-0.4, -0.2) is 82.1 Å². The molecule has 0 radical (unpaired) electrons. The normalized spacial score (nSPS) is 23.9. The summed E-state index contributed by atoms with van der Waals surface area (Å²) in [6.45, 7) is 0.272. The van der Waals surface area contributed by atoms with E-state index < -0.39 is 6.10 Å². The van der Waals surface area contributed by atoms with E-state index in [1.54, 1.807) is 6.07 Å². The van der Waals surface area contributed by atoms with Crippen LogP contribution in [0.4, 0.5) is 0 Å². The number of aromatic amines is 1. The van der Waals surface area contributed by atoms with Crippen LogP contribution in [0.1, 0.15) is 0 Å². The fourth-order valence-corrected chi connectivity index (χ4v) is 4.97. The van der Waals surface area contributed by atoms with Crippen molar-refractivity contribution in [2.75, 3.05) is 26.4 Å². The van der Waals surface area contributed by atoms with Crippen molar-refractivity contribution in [3.63, 3.8) is 0 Å². The van der Waals surface area contributed by atoms with Crippen LogP contribution in [0.3, 0.4) is 0 Å². The number of aromatic nitrogens is 3. The molecule has 2 aromatic heterocycles. The smallest absolute Gasteiger partial charge is 0.296 e. The largest absolute Gasteiger partial charge is 0.456 e. The number of nitrogens with zero attached hydrogens (tertiary/aromatic N) is 2. The van der Waals surface area contributed by atoms with Crippen molar-refractivity contribution in [3.05, 3.63) is 65.7 Å². The summed E-state index contributed by atoms with van der Waals surface area (Å²) >= 11 is 6.59. The summed E-state index contributed by atoms with van der Waals surface area (Å²) < 4.78 is 23.4. The van der Waals surface area contributed by atoms with Gasteiger partial charge in [-0.2, -0.15) is 4.98 Å². The molecule has 2 aromatic carbocycles. The second-order valence-electron chi connectivity index (χ2n) is 9.14. The van der Waals surface area contributed by atoms with Crippen molar-refractivity contribution in [1.82, 2.24) is 15.0 Å². The third-order valence-electron chi connectivity index (χ3n) is 6.61. The molecule has 9 nitrogen and oxygen atoms in total. The zero-order valence-electron chi connectivity index (χ0n) is 19.8. The number of hydrogen-bond donors (Lipinski definition) is 3. The zero-order valence-corrected chi connectivity index (χ0v) is 20.5. The highest BCUT2D eigenvalue weighted by Crippen LogP contribution is 2.33. The SMILES string of the molecule is OCC(O)CO[C@@H]1CO[C@@H]2[C@@H]1OC[C@H]2Oc1nc2nc(-c3ccc(-c4ccccc4)cc3)c(Cl)cc2[nH]1. The van der Waals surface area contributed by atoms with Crippen LogP contribution < -0.4 is 4.74 Å². The van der Waals surface area contributed by atoms with Crippen molar-refractivity contribution in [2.45, 2.75) is 30.5 Å². The Balaban J connectivity index is 1.16. The van der Waals surface area contributed by atoms with Crippen LogP contribution in [0.15, 0.2) is 60.7 Å². The molecule has 0 aliphatic carbocycles. The van der Waals surface area contributed by atoms with Gasteiger partial charge in [0, 0.05) is 5.56 Å². The number of rotatable bonds is 8. The Labute approximate surface area is 217 Å². The lowest BCUT2D eigenvalue weighted by Crippen LogP contribution is -2.36. The van der Waals surface area contributed by atoms with Gasteiger partial charge in [-0.25, -0.2) is 4.98 Å². The number of hydrogen-bond acceptors (Lipinski definition) is 8. The molecule has 2 aliphatic heterocycles. The van der Waals surface area contributed by atoms with E-state index in [4.69, 9.17) is 35.7 Å². The summed E-state index contributed by atoms with van der Waals surface area (Å²) in [5.41, 5.74) is 4.93. The molecule has 0 saturated carbocycles. The molecule has 2 saturated heterocycles. The topological polar surface area (TPSA) is 119 Å². The lowest BCUT2D eigenvalue weighted by Gasteiger charge is -2.18. The zero-order chi connectivity index (χ0) is 25.4. The van der Waals surface area contributed by atoms with Crippen LogP contribution in [0.5, 0.6) is 6.01 Å². The number of benzene rings is 2. The average Bonchev–Trinajstić information content (AvgIpc) is 3.63. The summed E-state index contributed by atoms with van der Waals surface area (Å²) in [7, 11) is 0. The first-order valence-electron chi connectivity index (χ1n) is 12.1. The third-order valence-corrected chi connectivity index (χ3v) is 6.90. The molecule has 0 amide bonds. The van der Waals surface area contributed by atoms with Gasteiger partial charge in [-0.05, 0) is 17.2 Å². The Hall–Kier alpha value is -3.05. The first-order chi connectivity index (χ1) is 18.1. The molecule has 192 valence electrons. The summed E-state index contributed by atoms with van der Waals surface area (Å²) in [6.07, 6.45) is -2.32. The Morgan fingerprint density at radius 3 is 2.38 bits per heavy atom. The van der Waals surface area contributed by atoms with Crippen molar-refractivity contribution < 1.29 is 29.2 Å². The van der Waals surface area contributed by atoms with Gasteiger partial charge in [-0.1, -0.05) is 66.2 Å². The Bertz CT molecular complexity index is 1370. The van der Waals surface area contributed by atoms with Crippen molar-refractivity contribution in [2.24, 2.45) is 0 Å². The minimum atomic E-state index is -0.936.